The summed E-state index contributed by atoms with van der Waals surface area (Å²) in [5.41, 5.74) is 5.14. The van der Waals surface area contributed by atoms with Gasteiger partial charge in [-0.3, -0.25) is 10.1 Å². The molecule has 11 heteroatoms. The first kappa shape index (κ1) is 22.3. The Morgan fingerprint density at radius 2 is 2.12 bits per heavy atom. The summed E-state index contributed by atoms with van der Waals surface area (Å²) in [6, 6.07) is 1.78. The van der Waals surface area contributed by atoms with Crippen LogP contribution in [-0.4, -0.2) is 49.4 Å². The van der Waals surface area contributed by atoms with Crippen LogP contribution < -0.4 is 5.73 Å². The lowest BCUT2D eigenvalue weighted by Crippen LogP contribution is -2.39. The van der Waals surface area contributed by atoms with Crippen molar-refractivity contribution < 1.29 is 22.9 Å². The van der Waals surface area contributed by atoms with Crippen LogP contribution in [0.3, 0.4) is 0 Å². The number of nitrogens with two attached hydrogens (primary N) is 1. The summed E-state index contributed by atoms with van der Waals surface area (Å²) in [5, 5.41) is 11.3. The van der Waals surface area contributed by atoms with Gasteiger partial charge in [-0.2, -0.15) is 4.31 Å². The molecule has 1 atom stereocenters. The van der Waals surface area contributed by atoms with Crippen molar-refractivity contribution in [3.63, 3.8) is 0 Å². The van der Waals surface area contributed by atoms with E-state index < -0.39 is 26.6 Å². The lowest BCUT2D eigenvalue weighted by Gasteiger charge is -2.23. The van der Waals surface area contributed by atoms with Crippen molar-refractivity contribution in [2.45, 2.75) is 37.6 Å². The van der Waals surface area contributed by atoms with Crippen LogP contribution >= 0.6 is 12.4 Å². The maximum atomic E-state index is 12.9. The van der Waals surface area contributed by atoms with Crippen LogP contribution in [0.5, 0.6) is 0 Å². The molecule has 1 aliphatic rings. The van der Waals surface area contributed by atoms with Gasteiger partial charge in [-0.1, -0.05) is 0 Å². The molecule has 146 valence electrons. The number of benzene rings is 1. The minimum absolute atomic E-state index is 0. The highest BCUT2D eigenvalue weighted by molar-refractivity contribution is 7.89. The van der Waals surface area contributed by atoms with E-state index in [4.69, 9.17) is 10.5 Å². The zero-order valence-electron chi connectivity index (χ0n) is 14.5. The van der Waals surface area contributed by atoms with Gasteiger partial charge in [0.2, 0.25) is 10.0 Å². The predicted molar refractivity (Wildman–Crippen MR) is 97.0 cm³/mol. The first-order chi connectivity index (χ1) is 11.7. The van der Waals surface area contributed by atoms with E-state index in [2.05, 4.69) is 0 Å². The third-order valence-corrected chi connectivity index (χ3v) is 6.18. The molecule has 1 aromatic rings. The predicted octanol–water partition coefficient (Wildman–Crippen LogP) is 1.61. The second-order valence-electron chi connectivity index (χ2n) is 5.74. The van der Waals surface area contributed by atoms with Crippen molar-refractivity contribution in [1.82, 2.24) is 4.31 Å². The maximum Gasteiger partial charge on any atom is 0.338 e. The molecule has 1 unspecified atom stereocenters. The first-order valence-electron chi connectivity index (χ1n) is 7.92. The molecule has 0 aromatic heterocycles. The molecule has 1 aliphatic heterocycles. The molecule has 9 nitrogen and oxygen atoms in total. The molecule has 0 bridgehead atoms. The Hall–Kier alpha value is -1.75. The Bertz CT molecular complexity index is 799. The summed E-state index contributed by atoms with van der Waals surface area (Å²) in [5.74, 6) is -0.794. The first-order valence-corrected chi connectivity index (χ1v) is 9.36. The number of esters is 1. The number of hydrogen-bond acceptors (Lipinski definition) is 7. The normalized spacial score (nSPS) is 17.6. The topological polar surface area (TPSA) is 133 Å². The van der Waals surface area contributed by atoms with E-state index in [9.17, 15) is 23.3 Å². The molecule has 0 aliphatic carbocycles. The molecule has 0 spiro atoms. The van der Waals surface area contributed by atoms with E-state index in [1.54, 1.807) is 6.92 Å². The molecular weight excluding hydrogens is 386 g/mol. The van der Waals surface area contributed by atoms with Gasteiger partial charge in [0, 0.05) is 30.8 Å². The van der Waals surface area contributed by atoms with Gasteiger partial charge in [0.1, 0.15) is 0 Å². The van der Waals surface area contributed by atoms with Crippen LogP contribution in [-0.2, 0) is 14.8 Å². The van der Waals surface area contributed by atoms with Gasteiger partial charge < -0.3 is 10.5 Å². The molecule has 0 amide bonds. The van der Waals surface area contributed by atoms with Crippen molar-refractivity contribution in [1.29, 1.82) is 0 Å². The smallest absolute Gasteiger partial charge is 0.338 e. The van der Waals surface area contributed by atoms with Crippen molar-refractivity contribution in [3.05, 3.63) is 33.4 Å². The van der Waals surface area contributed by atoms with Gasteiger partial charge in [0.05, 0.1) is 22.0 Å². The lowest BCUT2D eigenvalue weighted by molar-refractivity contribution is -0.385. The number of nitro groups is 1. The number of rotatable bonds is 6. The van der Waals surface area contributed by atoms with E-state index in [0.717, 1.165) is 12.1 Å². The van der Waals surface area contributed by atoms with Gasteiger partial charge >= 0.3 is 5.97 Å². The molecule has 0 saturated carbocycles. The Balaban J connectivity index is 0.00000338. The van der Waals surface area contributed by atoms with Crippen LogP contribution in [0.25, 0.3) is 0 Å². The average Bonchev–Trinajstić information content (AvgIpc) is 3.04. The second-order valence-corrected chi connectivity index (χ2v) is 7.63. The highest BCUT2D eigenvalue weighted by Crippen LogP contribution is 2.31. The number of carbonyl (C=O) groups is 1. The largest absolute Gasteiger partial charge is 0.462 e. The van der Waals surface area contributed by atoms with Gasteiger partial charge in [-0.15, -0.1) is 12.4 Å². The van der Waals surface area contributed by atoms with Crippen LogP contribution in [0.2, 0.25) is 0 Å². The monoisotopic (exact) mass is 407 g/mol. The molecular formula is C15H22ClN3O6S. The lowest BCUT2D eigenvalue weighted by atomic mass is 10.1. The van der Waals surface area contributed by atoms with Crippen LogP contribution in [0.15, 0.2) is 17.0 Å². The van der Waals surface area contributed by atoms with Crippen molar-refractivity contribution >= 4 is 34.1 Å². The molecule has 0 radical (unpaired) electrons. The minimum atomic E-state index is -4.00. The van der Waals surface area contributed by atoms with Gasteiger partial charge in [0.25, 0.3) is 5.69 Å². The van der Waals surface area contributed by atoms with Gasteiger partial charge in [-0.05, 0) is 32.8 Å². The summed E-state index contributed by atoms with van der Waals surface area (Å²) in [7, 11) is -4.00. The van der Waals surface area contributed by atoms with E-state index in [1.807, 2.05) is 0 Å². The standard InChI is InChI=1S/C15H21N3O6S.ClH/c1-3-24-15(19)13-7-12(8-14(10(13)2)18(20)21)25(22,23)17-6-4-5-11(17)9-16;/h7-8,11H,3-6,9,16H2,1-2H3;1H. The molecule has 1 aromatic carbocycles. The minimum Gasteiger partial charge on any atom is -0.462 e. The SMILES string of the molecule is CCOC(=O)c1cc(S(=O)(=O)N2CCCC2CN)cc([N+](=O)[O-])c1C.Cl. The van der Waals surface area contributed by atoms with Gasteiger partial charge in [0.15, 0.2) is 0 Å². The molecule has 1 heterocycles. The van der Waals surface area contributed by atoms with E-state index in [1.165, 1.54) is 11.2 Å². The summed E-state index contributed by atoms with van der Waals surface area (Å²) in [6.07, 6.45) is 1.30. The highest BCUT2D eigenvalue weighted by Gasteiger charge is 2.36. The Morgan fingerprint density at radius 3 is 2.65 bits per heavy atom. The third-order valence-electron chi connectivity index (χ3n) is 4.25. The van der Waals surface area contributed by atoms with Crippen LogP contribution in [0.1, 0.15) is 35.7 Å². The molecule has 2 rings (SSSR count). The fourth-order valence-electron chi connectivity index (χ4n) is 2.93. The molecule has 1 fully saturated rings. The fraction of sp³-hybridized carbons (Fsp3) is 0.533. The summed E-state index contributed by atoms with van der Waals surface area (Å²) in [4.78, 5) is 22.4. The number of carbonyl (C=O) groups excluding carboxylic acids is 1. The average molecular weight is 408 g/mol. The molecule has 26 heavy (non-hydrogen) atoms. The molecule has 1 saturated heterocycles. The summed E-state index contributed by atoms with van der Waals surface area (Å²) in [6.45, 7) is 3.51. The van der Waals surface area contributed by atoms with Crippen molar-refractivity contribution in [2.75, 3.05) is 19.7 Å². The summed E-state index contributed by atoms with van der Waals surface area (Å²) < 4.78 is 32.0. The quantitative estimate of drug-likeness (QED) is 0.430. The number of nitrogens with zero attached hydrogens (tertiary/aromatic N) is 2. The van der Waals surface area contributed by atoms with Crippen LogP contribution in [0.4, 0.5) is 5.69 Å². The Labute approximate surface area is 158 Å². The fourth-order valence-corrected chi connectivity index (χ4v) is 4.68. The Kier molecular flexibility index (Phi) is 7.51. The summed E-state index contributed by atoms with van der Waals surface area (Å²) >= 11 is 0. The number of nitro benzene ring substituents is 1. The maximum absolute atomic E-state index is 12.9. The van der Waals surface area contributed by atoms with E-state index >= 15 is 0 Å². The number of halogens is 1. The van der Waals surface area contributed by atoms with E-state index in [0.29, 0.717) is 19.4 Å². The second kappa shape index (κ2) is 8.76. The number of ether oxygens (including phenoxy) is 1. The third kappa shape index (κ3) is 4.14. The van der Waals surface area contributed by atoms with E-state index in [-0.39, 0.29) is 47.6 Å². The Morgan fingerprint density at radius 1 is 1.46 bits per heavy atom. The molecule has 2 N–H and O–H groups in total. The highest BCUT2D eigenvalue weighted by atomic mass is 35.5. The number of hydrogen-bond donors (Lipinski definition) is 1. The zero-order chi connectivity index (χ0) is 18.8. The van der Waals surface area contributed by atoms with Crippen molar-refractivity contribution in [2.24, 2.45) is 5.73 Å². The van der Waals surface area contributed by atoms with Gasteiger partial charge in [-0.25, -0.2) is 13.2 Å². The van der Waals surface area contributed by atoms with Crippen molar-refractivity contribution in [3.8, 4) is 0 Å². The number of sulfonamides is 1. The zero-order valence-corrected chi connectivity index (χ0v) is 16.1. The van der Waals surface area contributed by atoms with Crippen LogP contribution in [0, 0.1) is 17.0 Å².